The van der Waals surface area contributed by atoms with E-state index in [0.29, 0.717) is 12.3 Å². The smallest absolute Gasteiger partial charge is 0.382 e. The first kappa shape index (κ1) is 20.5. The molecule has 2 aromatic rings. The number of anilines is 1. The van der Waals surface area contributed by atoms with Crippen LogP contribution in [-0.2, 0) is 17.6 Å². The molecule has 1 aliphatic rings. The van der Waals surface area contributed by atoms with Crippen LogP contribution in [-0.4, -0.2) is 30.3 Å². The van der Waals surface area contributed by atoms with E-state index in [2.05, 4.69) is 29.9 Å². The van der Waals surface area contributed by atoms with E-state index in [1.807, 2.05) is 0 Å². The van der Waals surface area contributed by atoms with E-state index in [9.17, 15) is 13.2 Å². The molecule has 0 aromatic carbocycles. The predicted octanol–water partition coefficient (Wildman–Crippen LogP) is 5.99. The maximum absolute atomic E-state index is 13.7. The third-order valence-corrected chi connectivity index (χ3v) is 6.69. The van der Waals surface area contributed by atoms with Crippen LogP contribution in [0.1, 0.15) is 24.8 Å². The lowest BCUT2D eigenvalue weighted by molar-refractivity contribution is -0.136. The molecule has 27 heavy (non-hydrogen) atoms. The fourth-order valence-electron chi connectivity index (χ4n) is 3.00. The van der Waals surface area contributed by atoms with Gasteiger partial charge in [-0.2, -0.15) is 13.2 Å². The number of pyridine rings is 1. The van der Waals surface area contributed by atoms with Gasteiger partial charge >= 0.3 is 6.18 Å². The molecule has 0 aliphatic heterocycles. The van der Waals surface area contributed by atoms with E-state index in [1.54, 1.807) is 0 Å². The number of aromatic nitrogens is 2. The van der Waals surface area contributed by atoms with Gasteiger partial charge < -0.3 is 14.6 Å². The molecule has 2 heterocycles. The second-order valence-corrected chi connectivity index (χ2v) is 14.3. The van der Waals surface area contributed by atoms with Crippen LogP contribution in [0.2, 0.25) is 30.8 Å². The summed E-state index contributed by atoms with van der Waals surface area (Å²) < 4.78 is 48.0. The summed E-state index contributed by atoms with van der Waals surface area (Å²) in [6, 6.07) is 2.61. The molecule has 0 saturated heterocycles. The lowest BCUT2D eigenvalue weighted by Gasteiger charge is -2.28. The third-order valence-electron chi connectivity index (χ3n) is 4.79. The highest BCUT2D eigenvalue weighted by Gasteiger charge is 2.36. The van der Waals surface area contributed by atoms with Crippen LogP contribution < -0.4 is 5.32 Å². The summed E-state index contributed by atoms with van der Waals surface area (Å²) in [6.07, 6.45) is -0.424. The number of fused-ring (bicyclic) bond motifs is 1. The molecule has 1 fully saturated rings. The maximum Gasteiger partial charge on any atom is 0.418 e. The molecule has 0 spiro atoms. The number of nitrogens with one attached hydrogen (secondary N) is 1. The van der Waals surface area contributed by atoms with Crippen molar-refractivity contribution in [3.05, 3.63) is 23.0 Å². The summed E-state index contributed by atoms with van der Waals surface area (Å²) in [4.78, 5) is 4.17. The van der Waals surface area contributed by atoms with Crippen LogP contribution in [0.3, 0.4) is 0 Å². The van der Waals surface area contributed by atoms with Crippen molar-refractivity contribution >= 4 is 36.4 Å². The van der Waals surface area contributed by atoms with Crippen molar-refractivity contribution in [1.29, 1.82) is 0 Å². The molecule has 4 nitrogen and oxygen atoms in total. The van der Waals surface area contributed by atoms with Crippen LogP contribution in [0.15, 0.2) is 12.3 Å². The summed E-state index contributed by atoms with van der Waals surface area (Å²) in [5.41, 5.74) is -0.121. The van der Waals surface area contributed by atoms with Gasteiger partial charge in [-0.05, 0) is 31.4 Å². The van der Waals surface area contributed by atoms with Gasteiger partial charge in [0.25, 0.3) is 0 Å². The molecule has 0 bridgehead atoms. The van der Waals surface area contributed by atoms with E-state index < -0.39 is 19.8 Å². The largest absolute Gasteiger partial charge is 0.418 e. The number of hydrogen-bond acceptors (Lipinski definition) is 3. The van der Waals surface area contributed by atoms with Gasteiger partial charge in [-0.15, -0.1) is 0 Å². The molecule has 3 rings (SSSR count). The highest BCUT2D eigenvalue weighted by Crippen LogP contribution is 2.41. The number of ether oxygens (including phenoxy) is 1. The van der Waals surface area contributed by atoms with Gasteiger partial charge in [0.2, 0.25) is 0 Å². The second kappa shape index (κ2) is 7.64. The Morgan fingerprint density at radius 1 is 1.33 bits per heavy atom. The lowest BCUT2D eigenvalue weighted by atomic mass is 9.93. The van der Waals surface area contributed by atoms with Gasteiger partial charge in [0.05, 0.1) is 10.9 Å². The van der Waals surface area contributed by atoms with E-state index in [-0.39, 0.29) is 29.0 Å². The monoisotopic (exact) mass is 419 g/mol. The number of alkyl halides is 3. The van der Waals surface area contributed by atoms with Crippen molar-refractivity contribution < 1.29 is 17.9 Å². The van der Waals surface area contributed by atoms with Gasteiger partial charge in [0.15, 0.2) is 0 Å². The zero-order chi connectivity index (χ0) is 19.8. The summed E-state index contributed by atoms with van der Waals surface area (Å²) in [5.74, 6) is 0. The first-order valence-corrected chi connectivity index (χ1v) is 13.2. The minimum Gasteiger partial charge on any atom is -0.382 e. The van der Waals surface area contributed by atoms with Gasteiger partial charge in [-0.1, -0.05) is 31.2 Å². The number of hydrogen-bond donors (Lipinski definition) is 1. The van der Waals surface area contributed by atoms with E-state index in [4.69, 9.17) is 16.3 Å². The SMILES string of the molecule is C[Si](C)(C)CCOCn1cc(C(F)(F)F)c2c(NC3CCC3)cc(Cl)nc21. The van der Waals surface area contributed by atoms with E-state index in [0.717, 1.165) is 31.5 Å². The molecule has 0 radical (unpaired) electrons. The number of nitrogens with zero attached hydrogens (tertiary/aromatic N) is 2. The number of rotatable bonds is 7. The van der Waals surface area contributed by atoms with Crippen LogP contribution in [0.4, 0.5) is 18.9 Å². The molecule has 0 atom stereocenters. The summed E-state index contributed by atoms with van der Waals surface area (Å²) in [7, 11) is -1.27. The van der Waals surface area contributed by atoms with E-state index in [1.165, 1.54) is 10.6 Å². The highest BCUT2D eigenvalue weighted by molar-refractivity contribution is 6.76. The van der Waals surface area contributed by atoms with Crippen molar-refractivity contribution in [2.24, 2.45) is 0 Å². The van der Waals surface area contributed by atoms with Crippen LogP contribution >= 0.6 is 11.6 Å². The Labute approximate surface area is 163 Å². The van der Waals surface area contributed by atoms with E-state index >= 15 is 0 Å². The Kier molecular flexibility index (Phi) is 5.79. The first-order chi connectivity index (χ1) is 12.5. The Morgan fingerprint density at radius 3 is 2.59 bits per heavy atom. The van der Waals surface area contributed by atoms with Gasteiger partial charge in [-0.25, -0.2) is 4.98 Å². The van der Waals surface area contributed by atoms with Crippen LogP contribution in [0.5, 0.6) is 0 Å². The van der Waals surface area contributed by atoms with Crippen molar-refractivity contribution in [3.63, 3.8) is 0 Å². The predicted molar refractivity (Wildman–Crippen MR) is 105 cm³/mol. The van der Waals surface area contributed by atoms with Crippen LogP contribution in [0, 0.1) is 0 Å². The highest BCUT2D eigenvalue weighted by atomic mass is 35.5. The van der Waals surface area contributed by atoms with Gasteiger partial charge in [0, 0.05) is 32.6 Å². The quantitative estimate of drug-likeness (QED) is 0.340. The molecule has 1 N–H and O–H groups in total. The normalized spacial score (nSPS) is 16.0. The molecular weight excluding hydrogens is 395 g/mol. The minimum atomic E-state index is -4.48. The van der Waals surface area contributed by atoms with Crippen LogP contribution in [0.25, 0.3) is 11.0 Å². The summed E-state index contributed by atoms with van der Waals surface area (Å²) >= 11 is 6.10. The van der Waals surface area contributed by atoms with Crippen molar-refractivity contribution in [1.82, 2.24) is 9.55 Å². The summed E-state index contributed by atoms with van der Waals surface area (Å²) in [6.45, 7) is 7.21. The molecule has 2 aromatic heterocycles. The first-order valence-electron chi connectivity index (χ1n) is 9.15. The van der Waals surface area contributed by atoms with Crippen molar-refractivity contribution in [2.75, 3.05) is 11.9 Å². The Bertz CT molecular complexity index is 813. The Balaban J connectivity index is 1.94. The molecular formula is C18H25ClF3N3OSi. The standard InChI is InChI=1S/C18H25ClF3N3OSi/c1-27(2,3)8-7-26-11-25-10-13(18(20,21)22)16-14(23-12-5-4-6-12)9-15(19)24-17(16)25/h9-10,12H,4-8,11H2,1-3H3,(H,23,24). The number of halogens is 4. The molecule has 9 heteroatoms. The fraction of sp³-hybridized carbons (Fsp3) is 0.611. The van der Waals surface area contributed by atoms with Crippen molar-refractivity contribution in [3.8, 4) is 0 Å². The fourth-order valence-corrected chi connectivity index (χ4v) is 3.94. The molecule has 0 unspecified atom stereocenters. The Hall–Kier alpha value is -1.25. The molecule has 0 amide bonds. The zero-order valence-electron chi connectivity index (χ0n) is 15.8. The third kappa shape index (κ3) is 4.97. The zero-order valence-corrected chi connectivity index (χ0v) is 17.5. The Morgan fingerprint density at radius 2 is 2.04 bits per heavy atom. The van der Waals surface area contributed by atoms with Crippen molar-refractivity contribution in [2.45, 2.75) is 63.9 Å². The maximum atomic E-state index is 13.7. The van der Waals surface area contributed by atoms with Gasteiger partial charge in [0.1, 0.15) is 17.5 Å². The lowest BCUT2D eigenvalue weighted by Crippen LogP contribution is -2.27. The molecule has 1 aliphatic carbocycles. The molecule has 150 valence electrons. The average molecular weight is 420 g/mol. The summed E-state index contributed by atoms with van der Waals surface area (Å²) in [5, 5.41) is 3.43. The minimum absolute atomic E-state index is 0.0211. The average Bonchev–Trinajstić information content (AvgIpc) is 2.85. The van der Waals surface area contributed by atoms with Gasteiger partial charge in [-0.3, -0.25) is 0 Å². The second-order valence-electron chi connectivity index (χ2n) is 8.32. The molecule has 1 saturated carbocycles. The topological polar surface area (TPSA) is 39.1 Å².